The van der Waals surface area contributed by atoms with E-state index in [2.05, 4.69) is 11.9 Å². The standard InChI is InChI=1S/C11H20N2O3S/c1-3-4-5-6-7-13-10(9-14)8-12-11(13)17(2,15)16/h8,14H,3-7,9H2,1-2H3. The summed E-state index contributed by atoms with van der Waals surface area (Å²) in [7, 11) is -3.32. The summed E-state index contributed by atoms with van der Waals surface area (Å²) in [6, 6.07) is 0. The first-order valence-electron chi connectivity index (χ1n) is 5.86. The number of unbranched alkanes of at least 4 members (excludes halogenated alkanes) is 3. The molecule has 1 N–H and O–H groups in total. The fourth-order valence-corrected chi connectivity index (χ4v) is 2.60. The fraction of sp³-hybridized carbons (Fsp3) is 0.727. The van der Waals surface area contributed by atoms with E-state index in [1.54, 1.807) is 4.57 Å². The van der Waals surface area contributed by atoms with Gasteiger partial charge in [0.25, 0.3) is 0 Å². The molecule has 6 heteroatoms. The van der Waals surface area contributed by atoms with Crippen LogP contribution in [0.5, 0.6) is 0 Å². The van der Waals surface area contributed by atoms with Gasteiger partial charge in [-0.25, -0.2) is 13.4 Å². The molecule has 17 heavy (non-hydrogen) atoms. The number of aliphatic hydroxyl groups excluding tert-OH is 1. The molecule has 0 aliphatic rings. The van der Waals surface area contributed by atoms with Crippen molar-refractivity contribution >= 4 is 9.84 Å². The highest BCUT2D eigenvalue weighted by molar-refractivity contribution is 7.90. The van der Waals surface area contributed by atoms with Crippen molar-refractivity contribution < 1.29 is 13.5 Å². The lowest BCUT2D eigenvalue weighted by Gasteiger charge is -2.09. The molecule has 0 unspecified atom stereocenters. The largest absolute Gasteiger partial charge is 0.390 e. The molecule has 0 atom stereocenters. The number of aromatic nitrogens is 2. The van der Waals surface area contributed by atoms with Gasteiger partial charge in [-0.2, -0.15) is 0 Å². The number of rotatable bonds is 7. The quantitative estimate of drug-likeness (QED) is 0.751. The van der Waals surface area contributed by atoms with Crippen molar-refractivity contribution in [2.24, 2.45) is 0 Å². The van der Waals surface area contributed by atoms with E-state index in [1.807, 2.05) is 0 Å². The van der Waals surface area contributed by atoms with Crippen LogP contribution in [0, 0.1) is 0 Å². The summed E-state index contributed by atoms with van der Waals surface area (Å²) < 4.78 is 24.6. The van der Waals surface area contributed by atoms with Gasteiger partial charge in [0.15, 0.2) is 0 Å². The van der Waals surface area contributed by atoms with E-state index in [0.717, 1.165) is 31.9 Å². The molecule has 1 rings (SSSR count). The Morgan fingerprint density at radius 1 is 1.35 bits per heavy atom. The van der Waals surface area contributed by atoms with Crippen LogP contribution in [0.4, 0.5) is 0 Å². The molecule has 0 saturated carbocycles. The van der Waals surface area contributed by atoms with Crippen LogP contribution in [-0.4, -0.2) is 29.3 Å². The minimum Gasteiger partial charge on any atom is -0.390 e. The average molecular weight is 260 g/mol. The maximum atomic E-state index is 11.5. The van der Waals surface area contributed by atoms with E-state index in [-0.39, 0.29) is 11.8 Å². The van der Waals surface area contributed by atoms with E-state index in [0.29, 0.717) is 12.2 Å². The number of hydrogen-bond donors (Lipinski definition) is 1. The molecule has 0 amide bonds. The molecule has 0 aliphatic heterocycles. The predicted octanol–water partition coefficient (Wildman–Crippen LogP) is 1.36. The average Bonchev–Trinajstić information content (AvgIpc) is 2.67. The third kappa shape index (κ3) is 3.81. The summed E-state index contributed by atoms with van der Waals surface area (Å²) in [4.78, 5) is 3.87. The monoisotopic (exact) mass is 260 g/mol. The van der Waals surface area contributed by atoms with Crippen molar-refractivity contribution in [1.82, 2.24) is 9.55 Å². The highest BCUT2D eigenvalue weighted by Crippen LogP contribution is 2.13. The molecule has 0 bridgehead atoms. The number of aliphatic hydroxyl groups is 1. The highest BCUT2D eigenvalue weighted by Gasteiger charge is 2.17. The molecule has 0 aliphatic carbocycles. The Bertz CT molecular complexity index is 451. The Morgan fingerprint density at radius 3 is 2.59 bits per heavy atom. The number of imidazole rings is 1. The van der Waals surface area contributed by atoms with Crippen LogP contribution < -0.4 is 0 Å². The molecule has 0 fully saturated rings. The van der Waals surface area contributed by atoms with Gasteiger partial charge in [0.1, 0.15) is 0 Å². The lowest BCUT2D eigenvalue weighted by atomic mass is 10.2. The molecule has 0 spiro atoms. The van der Waals surface area contributed by atoms with Crippen molar-refractivity contribution in [2.75, 3.05) is 6.26 Å². The summed E-state index contributed by atoms with van der Waals surface area (Å²) in [5.74, 6) is 0. The zero-order valence-electron chi connectivity index (χ0n) is 10.4. The molecule has 5 nitrogen and oxygen atoms in total. The highest BCUT2D eigenvalue weighted by atomic mass is 32.2. The third-order valence-corrected chi connectivity index (χ3v) is 3.62. The summed E-state index contributed by atoms with van der Waals surface area (Å²) in [6.45, 7) is 2.53. The molecular formula is C11H20N2O3S. The van der Waals surface area contributed by atoms with E-state index in [9.17, 15) is 8.42 Å². The van der Waals surface area contributed by atoms with Crippen LogP contribution in [0.1, 0.15) is 38.3 Å². The van der Waals surface area contributed by atoms with E-state index in [4.69, 9.17) is 5.11 Å². The minimum absolute atomic E-state index is 0.0537. The zero-order chi connectivity index (χ0) is 12.9. The Morgan fingerprint density at radius 2 is 2.06 bits per heavy atom. The first-order valence-corrected chi connectivity index (χ1v) is 7.75. The summed E-state index contributed by atoms with van der Waals surface area (Å²) >= 11 is 0. The van der Waals surface area contributed by atoms with Gasteiger partial charge in [-0.1, -0.05) is 26.2 Å². The zero-order valence-corrected chi connectivity index (χ0v) is 11.2. The van der Waals surface area contributed by atoms with Crippen molar-refractivity contribution in [3.63, 3.8) is 0 Å². The van der Waals surface area contributed by atoms with Gasteiger partial charge in [0.05, 0.1) is 18.5 Å². The van der Waals surface area contributed by atoms with Crippen LogP contribution in [0.3, 0.4) is 0 Å². The molecule has 0 radical (unpaired) electrons. The minimum atomic E-state index is -3.32. The van der Waals surface area contributed by atoms with Crippen LogP contribution in [0.15, 0.2) is 11.4 Å². The lowest BCUT2D eigenvalue weighted by molar-refractivity contribution is 0.268. The van der Waals surface area contributed by atoms with Gasteiger partial charge in [-0.05, 0) is 6.42 Å². The number of sulfone groups is 1. The fourth-order valence-electron chi connectivity index (χ4n) is 1.75. The van der Waals surface area contributed by atoms with Crippen molar-refractivity contribution in [3.8, 4) is 0 Å². The first-order chi connectivity index (χ1) is 8.00. The molecule has 1 aromatic rings. The second-order valence-corrected chi connectivity index (χ2v) is 6.08. The maximum Gasteiger partial charge on any atom is 0.227 e. The Kier molecular flexibility index (Phi) is 5.14. The second-order valence-electron chi connectivity index (χ2n) is 4.17. The molecule has 1 aromatic heterocycles. The van der Waals surface area contributed by atoms with E-state index < -0.39 is 9.84 Å². The Labute approximate surface area is 102 Å². The molecule has 98 valence electrons. The van der Waals surface area contributed by atoms with E-state index >= 15 is 0 Å². The second kappa shape index (κ2) is 6.16. The van der Waals surface area contributed by atoms with Gasteiger partial charge in [-0.15, -0.1) is 0 Å². The third-order valence-electron chi connectivity index (χ3n) is 2.63. The van der Waals surface area contributed by atoms with Gasteiger partial charge >= 0.3 is 0 Å². The van der Waals surface area contributed by atoms with Crippen LogP contribution in [0.2, 0.25) is 0 Å². The summed E-state index contributed by atoms with van der Waals surface area (Å²) in [5.41, 5.74) is 0.557. The number of nitrogens with zero attached hydrogens (tertiary/aromatic N) is 2. The Hall–Kier alpha value is -0.880. The van der Waals surface area contributed by atoms with E-state index in [1.165, 1.54) is 6.20 Å². The van der Waals surface area contributed by atoms with Crippen molar-refractivity contribution in [1.29, 1.82) is 0 Å². The van der Waals surface area contributed by atoms with Crippen LogP contribution in [0.25, 0.3) is 0 Å². The van der Waals surface area contributed by atoms with Crippen LogP contribution >= 0.6 is 0 Å². The van der Waals surface area contributed by atoms with Crippen molar-refractivity contribution in [2.45, 2.75) is 50.9 Å². The Balaban J connectivity index is 2.83. The topological polar surface area (TPSA) is 72.2 Å². The normalized spacial score (nSPS) is 11.9. The first kappa shape index (κ1) is 14.2. The van der Waals surface area contributed by atoms with Crippen molar-refractivity contribution in [3.05, 3.63) is 11.9 Å². The molecule has 1 heterocycles. The maximum absolute atomic E-state index is 11.5. The predicted molar refractivity (Wildman–Crippen MR) is 65.4 cm³/mol. The summed E-state index contributed by atoms with van der Waals surface area (Å²) in [5, 5.41) is 9.20. The van der Waals surface area contributed by atoms with Gasteiger partial charge < -0.3 is 9.67 Å². The lowest BCUT2D eigenvalue weighted by Crippen LogP contribution is -2.12. The SMILES string of the molecule is CCCCCCn1c(CO)cnc1S(C)(=O)=O. The molecular weight excluding hydrogens is 240 g/mol. The molecule has 0 aromatic carbocycles. The molecule has 0 saturated heterocycles. The number of hydrogen-bond acceptors (Lipinski definition) is 4. The smallest absolute Gasteiger partial charge is 0.227 e. The van der Waals surface area contributed by atoms with Gasteiger partial charge in [-0.3, -0.25) is 0 Å². The van der Waals surface area contributed by atoms with Gasteiger partial charge in [0.2, 0.25) is 15.0 Å². The van der Waals surface area contributed by atoms with Gasteiger partial charge in [0, 0.05) is 12.8 Å². The van der Waals surface area contributed by atoms with Crippen LogP contribution in [-0.2, 0) is 23.0 Å². The summed E-state index contributed by atoms with van der Waals surface area (Å²) in [6.07, 6.45) is 6.80.